The van der Waals surface area contributed by atoms with Crippen molar-refractivity contribution >= 4 is 35.6 Å². The Kier molecular flexibility index (Phi) is 13.2. The number of benzene rings is 3. The maximum absolute atomic E-state index is 14.2. The molecule has 0 unspecified atom stereocenters. The van der Waals surface area contributed by atoms with Gasteiger partial charge in [0.05, 0.1) is 0 Å². The van der Waals surface area contributed by atoms with Crippen LogP contribution in [0.2, 0.25) is 0 Å². The molecule has 3 aromatic carbocycles. The van der Waals surface area contributed by atoms with Gasteiger partial charge in [0.2, 0.25) is 29.5 Å². The van der Waals surface area contributed by atoms with E-state index in [9.17, 15) is 28.8 Å². The minimum atomic E-state index is -1.45. The second-order valence-electron chi connectivity index (χ2n) is 15.3. The number of primary amides is 1. The summed E-state index contributed by atoms with van der Waals surface area (Å²) in [5.41, 5.74) is 7.79. The van der Waals surface area contributed by atoms with E-state index in [2.05, 4.69) is 31.5 Å². The predicted octanol–water partition coefficient (Wildman–Crippen LogP) is 2.84. The Morgan fingerprint density at radius 2 is 1.36 bits per heavy atom. The fraction of sp³-hybridized carbons (Fsp3) is 0.429. The molecule has 298 valence electrons. The van der Waals surface area contributed by atoms with Gasteiger partial charge < -0.3 is 37.1 Å². The van der Waals surface area contributed by atoms with Crippen molar-refractivity contribution < 1.29 is 33.5 Å². The number of hydrogen-bond acceptors (Lipinski definition) is 8. The number of carbonyl (C=O) groups excluding carboxylic acids is 6. The molecule has 14 heteroatoms. The Labute approximate surface area is 327 Å². The monoisotopic (exact) mass is 767 g/mol. The van der Waals surface area contributed by atoms with E-state index in [1.807, 2.05) is 78.9 Å². The number of likely N-dealkylation sites (tertiary alicyclic amines) is 1. The Hall–Kier alpha value is -5.76. The number of carbonyl (C=O) groups is 6. The van der Waals surface area contributed by atoms with Gasteiger partial charge in [0, 0.05) is 19.0 Å². The number of fused-ring (bicyclic) bond motifs is 3. The van der Waals surface area contributed by atoms with Crippen LogP contribution in [-0.4, -0.2) is 89.4 Å². The van der Waals surface area contributed by atoms with Gasteiger partial charge in [-0.3, -0.25) is 28.9 Å². The van der Waals surface area contributed by atoms with Crippen molar-refractivity contribution in [3.05, 3.63) is 95.6 Å². The molecule has 1 aliphatic carbocycles. The zero-order chi connectivity index (χ0) is 40.6. The smallest absolute Gasteiger partial charge is 0.407 e. The Morgan fingerprint density at radius 3 is 1.98 bits per heavy atom. The first-order valence-electron chi connectivity index (χ1n) is 19.0. The molecular weight excluding hydrogens is 715 g/mol. The summed E-state index contributed by atoms with van der Waals surface area (Å²) in [6, 6.07) is 22.8. The zero-order valence-electron chi connectivity index (χ0n) is 32.6. The van der Waals surface area contributed by atoms with Gasteiger partial charge in [0.15, 0.2) is 0 Å². The summed E-state index contributed by atoms with van der Waals surface area (Å²) >= 11 is 0. The Balaban J connectivity index is 1.25. The number of rotatable bonds is 14. The van der Waals surface area contributed by atoms with E-state index in [0.717, 1.165) is 27.8 Å². The van der Waals surface area contributed by atoms with Gasteiger partial charge in [0.1, 0.15) is 35.8 Å². The van der Waals surface area contributed by atoms with Crippen LogP contribution in [0.25, 0.3) is 11.1 Å². The van der Waals surface area contributed by atoms with Crippen LogP contribution in [0.4, 0.5) is 4.79 Å². The maximum Gasteiger partial charge on any atom is 0.407 e. The Morgan fingerprint density at radius 1 is 0.768 bits per heavy atom. The highest BCUT2D eigenvalue weighted by Crippen LogP contribution is 2.44. The molecule has 3 aromatic rings. The number of alkyl carbamates (subject to hydrolysis) is 1. The van der Waals surface area contributed by atoms with Gasteiger partial charge >= 0.3 is 6.09 Å². The number of hydrogen-bond donors (Lipinski definition) is 6. The first kappa shape index (κ1) is 41.4. The number of amides is 6. The number of ether oxygens (including phenoxy) is 1. The summed E-state index contributed by atoms with van der Waals surface area (Å²) in [5, 5.41) is 13.4. The number of nitrogens with one attached hydrogen (secondary N) is 5. The average Bonchev–Trinajstić information content (AvgIpc) is 3.34. The normalized spacial score (nSPS) is 18.4. The van der Waals surface area contributed by atoms with Crippen LogP contribution in [0.5, 0.6) is 0 Å². The molecule has 1 fully saturated rings. The van der Waals surface area contributed by atoms with E-state index in [1.54, 1.807) is 0 Å². The average molecular weight is 768 g/mol. The third kappa shape index (κ3) is 9.91. The van der Waals surface area contributed by atoms with Gasteiger partial charge in [-0.15, -0.1) is 0 Å². The van der Waals surface area contributed by atoms with Gasteiger partial charge in [-0.05, 0) is 88.2 Å². The quantitative estimate of drug-likeness (QED) is 0.144. The lowest BCUT2D eigenvalue weighted by Crippen LogP contribution is -2.65. The summed E-state index contributed by atoms with van der Waals surface area (Å²) in [6.07, 6.45) is 0.272. The summed E-state index contributed by atoms with van der Waals surface area (Å²) in [7, 11) is 0. The highest BCUT2D eigenvalue weighted by molar-refractivity contribution is 5.98. The van der Waals surface area contributed by atoms with Gasteiger partial charge in [-0.25, -0.2) is 4.79 Å². The summed E-state index contributed by atoms with van der Waals surface area (Å²) in [5.74, 6) is -3.36. The highest BCUT2D eigenvalue weighted by atomic mass is 16.5. The molecule has 4 atom stereocenters. The first-order chi connectivity index (χ1) is 26.6. The molecular formula is C42H53N7O7. The zero-order valence-corrected chi connectivity index (χ0v) is 32.6. The molecule has 0 saturated carbocycles. The molecule has 0 spiro atoms. The van der Waals surface area contributed by atoms with Crippen LogP contribution in [0.3, 0.4) is 0 Å². The fourth-order valence-electron chi connectivity index (χ4n) is 7.15. The van der Waals surface area contributed by atoms with Crippen molar-refractivity contribution in [1.29, 1.82) is 0 Å². The van der Waals surface area contributed by atoms with E-state index in [4.69, 9.17) is 10.5 Å². The van der Waals surface area contributed by atoms with Crippen molar-refractivity contribution in [3.8, 4) is 11.1 Å². The lowest BCUT2D eigenvalue weighted by Gasteiger charge is -2.35. The van der Waals surface area contributed by atoms with E-state index < -0.39 is 64.8 Å². The third-order valence-corrected chi connectivity index (χ3v) is 10.6. The third-order valence-electron chi connectivity index (χ3n) is 10.6. The largest absolute Gasteiger partial charge is 0.449 e. The minimum Gasteiger partial charge on any atom is -0.449 e. The van der Waals surface area contributed by atoms with Gasteiger partial charge in [-0.1, -0.05) is 78.9 Å². The molecule has 0 radical (unpaired) electrons. The van der Waals surface area contributed by atoms with Crippen molar-refractivity contribution in [1.82, 2.24) is 31.5 Å². The van der Waals surface area contributed by atoms with E-state index >= 15 is 0 Å². The van der Waals surface area contributed by atoms with Crippen molar-refractivity contribution in [2.75, 3.05) is 19.7 Å². The lowest BCUT2D eigenvalue weighted by molar-refractivity contribution is -0.138. The topological polar surface area (TPSA) is 201 Å². The minimum absolute atomic E-state index is 0.0698. The van der Waals surface area contributed by atoms with Crippen molar-refractivity contribution in [2.24, 2.45) is 5.73 Å². The second kappa shape index (κ2) is 17.8. The van der Waals surface area contributed by atoms with E-state index in [1.165, 1.54) is 34.6 Å². The molecule has 1 saturated heterocycles. The van der Waals surface area contributed by atoms with Crippen LogP contribution in [0.15, 0.2) is 78.9 Å². The van der Waals surface area contributed by atoms with Crippen LogP contribution >= 0.6 is 0 Å². The van der Waals surface area contributed by atoms with E-state index in [0.29, 0.717) is 26.1 Å². The molecule has 1 heterocycles. The first-order valence-corrected chi connectivity index (χ1v) is 19.0. The number of nitrogens with two attached hydrogens (primary N) is 1. The van der Waals surface area contributed by atoms with Crippen LogP contribution in [0, 0.1) is 0 Å². The molecule has 7 N–H and O–H groups in total. The molecule has 5 rings (SSSR count). The van der Waals surface area contributed by atoms with Crippen LogP contribution < -0.4 is 32.3 Å². The Bertz CT molecular complexity index is 1890. The van der Waals surface area contributed by atoms with Crippen molar-refractivity contribution in [3.63, 3.8) is 0 Å². The lowest BCUT2D eigenvalue weighted by atomic mass is 9.88. The molecule has 14 nitrogen and oxygen atoms in total. The maximum atomic E-state index is 14.2. The highest BCUT2D eigenvalue weighted by Gasteiger charge is 2.43. The van der Waals surface area contributed by atoms with Crippen LogP contribution in [-0.2, 0) is 35.3 Å². The molecule has 1 aliphatic heterocycles. The molecule has 0 bridgehead atoms. The van der Waals surface area contributed by atoms with Gasteiger partial charge in [0.25, 0.3) is 0 Å². The second-order valence-corrected chi connectivity index (χ2v) is 15.3. The summed E-state index contributed by atoms with van der Waals surface area (Å²) in [4.78, 5) is 81.0. The molecule has 6 amide bonds. The van der Waals surface area contributed by atoms with Gasteiger partial charge in [-0.2, -0.15) is 0 Å². The predicted molar refractivity (Wildman–Crippen MR) is 211 cm³/mol. The fourth-order valence-corrected chi connectivity index (χ4v) is 7.15. The summed E-state index contributed by atoms with van der Waals surface area (Å²) in [6.45, 7) is 9.18. The van der Waals surface area contributed by atoms with Crippen molar-refractivity contribution in [2.45, 2.75) is 95.5 Å². The van der Waals surface area contributed by atoms with E-state index in [-0.39, 0.29) is 25.4 Å². The number of nitrogens with zero attached hydrogens (tertiary/aromatic N) is 1. The SMILES string of the molecule is C[C@H](NC(=O)C(C)(C)NC(=O)[C@H](C)NC(=O)[C@]1(NC(=O)[C@H](C)NC(=O)OCC2c3ccccc3-c3ccccc32)CCCN(Cc2ccccc2)CC1)C(N)=O. The van der Waals surface area contributed by atoms with Crippen LogP contribution in [0.1, 0.15) is 76.5 Å². The summed E-state index contributed by atoms with van der Waals surface area (Å²) < 4.78 is 5.67. The molecule has 56 heavy (non-hydrogen) atoms. The molecule has 2 aliphatic rings. The standard InChI is InChI=1S/C42H53N7O7/c1-26(35(43)50)44-38(53)41(4,5)47-36(51)27(2)45-39(54)42(20-13-22-49(23-21-42)24-29-14-7-6-8-15-29)48-37(52)28(3)46-40(55)56-25-34-32-18-11-9-16-30(32)31-17-10-12-19-33(31)34/h6-12,14-19,26-28,34H,13,20-25H2,1-5H3,(H2,43,50)(H,44,53)(H,45,54)(H,46,55)(H,47,51)(H,48,52)/t26-,27-,28-,42-/m0/s1. The molecule has 0 aromatic heterocycles.